The number of benzene rings is 1. The fourth-order valence-electron chi connectivity index (χ4n) is 1.91. The SMILES string of the molecule is CC(C)(C)C1Cc2c(ccc(O)c2Cl)N1. The first-order valence-corrected chi connectivity index (χ1v) is 5.54. The third-order valence-electron chi connectivity index (χ3n) is 3.01. The van der Waals surface area contributed by atoms with Crippen LogP contribution in [0.2, 0.25) is 5.02 Å². The van der Waals surface area contributed by atoms with Gasteiger partial charge in [0.1, 0.15) is 5.75 Å². The summed E-state index contributed by atoms with van der Waals surface area (Å²) in [6.45, 7) is 6.60. The minimum absolute atomic E-state index is 0.173. The molecular formula is C12H16ClNO. The van der Waals surface area contributed by atoms with Crippen LogP contribution in [0.4, 0.5) is 5.69 Å². The monoisotopic (exact) mass is 225 g/mol. The van der Waals surface area contributed by atoms with Crippen molar-refractivity contribution in [1.29, 1.82) is 0 Å². The molecule has 0 aliphatic carbocycles. The van der Waals surface area contributed by atoms with Gasteiger partial charge in [-0.3, -0.25) is 0 Å². The summed E-state index contributed by atoms with van der Waals surface area (Å²) >= 11 is 6.06. The fourth-order valence-corrected chi connectivity index (χ4v) is 2.15. The first-order valence-electron chi connectivity index (χ1n) is 5.16. The van der Waals surface area contributed by atoms with E-state index >= 15 is 0 Å². The Hall–Kier alpha value is -0.890. The zero-order valence-electron chi connectivity index (χ0n) is 9.26. The zero-order chi connectivity index (χ0) is 11.2. The van der Waals surface area contributed by atoms with Crippen LogP contribution in [0.5, 0.6) is 5.75 Å². The van der Waals surface area contributed by atoms with E-state index in [0.717, 1.165) is 17.7 Å². The Balaban J connectivity index is 2.36. The molecule has 1 aromatic rings. The lowest BCUT2D eigenvalue weighted by Crippen LogP contribution is -2.31. The summed E-state index contributed by atoms with van der Waals surface area (Å²) < 4.78 is 0. The van der Waals surface area contributed by atoms with Crippen molar-refractivity contribution in [1.82, 2.24) is 0 Å². The molecule has 0 saturated carbocycles. The molecule has 0 aromatic heterocycles. The smallest absolute Gasteiger partial charge is 0.134 e. The van der Waals surface area contributed by atoms with Gasteiger partial charge in [0.05, 0.1) is 5.02 Å². The second-order valence-electron chi connectivity index (χ2n) is 5.19. The quantitative estimate of drug-likeness (QED) is 0.663. The van der Waals surface area contributed by atoms with Crippen molar-refractivity contribution in [3.8, 4) is 5.75 Å². The molecule has 0 amide bonds. The van der Waals surface area contributed by atoms with Gasteiger partial charge in [0.15, 0.2) is 0 Å². The normalized spacial score (nSPS) is 19.9. The first-order chi connectivity index (χ1) is 6.89. The van der Waals surface area contributed by atoms with Gasteiger partial charge >= 0.3 is 0 Å². The Morgan fingerprint density at radius 1 is 1.40 bits per heavy atom. The number of phenols is 1. The van der Waals surface area contributed by atoms with Crippen LogP contribution in [-0.4, -0.2) is 11.1 Å². The second-order valence-corrected chi connectivity index (χ2v) is 5.57. The summed E-state index contributed by atoms with van der Waals surface area (Å²) in [4.78, 5) is 0. The summed E-state index contributed by atoms with van der Waals surface area (Å²) in [5, 5.41) is 13.5. The van der Waals surface area contributed by atoms with Crippen LogP contribution < -0.4 is 5.32 Å². The standard InChI is InChI=1S/C12H16ClNO/c1-12(2,3)10-6-7-8(14-10)4-5-9(15)11(7)13/h4-5,10,14-15H,6H2,1-3H3. The number of halogens is 1. The molecule has 1 aromatic carbocycles. The summed E-state index contributed by atoms with van der Waals surface area (Å²) in [5.74, 6) is 0.173. The Morgan fingerprint density at radius 3 is 2.67 bits per heavy atom. The maximum Gasteiger partial charge on any atom is 0.134 e. The minimum Gasteiger partial charge on any atom is -0.506 e. The molecule has 0 fully saturated rings. The second kappa shape index (κ2) is 3.31. The molecule has 2 rings (SSSR count). The van der Waals surface area contributed by atoms with Gasteiger partial charge in [-0.2, -0.15) is 0 Å². The van der Waals surface area contributed by atoms with Crippen molar-refractivity contribution >= 4 is 17.3 Å². The van der Waals surface area contributed by atoms with E-state index in [2.05, 4.69) is 26.1 Å². The number of phenolic OH excluding ortho intramolecular Hbond substituents is 1. The molecule has 1 atom stereocenters. The van der Waals surface area contributed by atoms with E-state index in [1.54, 1.807) is 6.07 Å². The Kier molecular flexibility index (Phi) is 2.34. The number of anilines is 1. The molecule has 2 nitrogen and oxygen atoms in total. The summed E-state index contributed by atoms with van der Waals surface area (Å²) in [7, 11) is 0. The van der Waals surface area contributed by atoms with Crippen molar-refractivity contribution in [2.45, 2.75) is 33.2 Å². The molecule has 82 valence electrons. The van der Waals surface area contributed by atoms with E-state index in [1.807, 2.05) is 6.07 Å². The van der Waals surface area contributed by atoms with Crippen LogP contribution in [0.1, 0.15) is 26.3 Å². The van der Waals surface area contributed by atoms with E-state index in [1.165, 1.54) is 0 Å². The first kappa shape index (κ1) is 10.6. The van der Waals surface area contributed by atoms with Crippen molar-refractivity contribution in [3.63, 3.8) is 0 Å². The summed E-state index contributed by atoms with van der Waals surface area (Å²) in [5.41, 5.74) is 2.28. The van der Waals surface area contributed by atoms with Gasteiger partial charge in [-0.25, -0.2) is 0 Å². The fraction of sp³-hybridized carbons (Fsp3) is 0.500. The predicted molar refractivity (Wildman–Crippen MR) is 63.7 cm³/mol. The van der Waals surface area contributed by atoms with Gasteiger partial charge in [-0.15, -0.1) is 0 Å². The molecule has 1 unspecified atom stereocenters. The van der Waals surface area contributed by atoms with Crippen molar-refractivity contribution in [2.75, 3.05) is 5.32 Å². The van der Waals surface area contributed by atoms with Gasteiger partial charge in [0, 0.05) is 11.7 Å². The number of hydrogen-bond acceptors (Lipinski definition) is 2. The third kappa shape index (κ3) is 1.78. The van der Waals surface area contributed by atoms with Crippen LogP contribution >= 0.6 is 11.6 Å². The van der Waals surface area contributed by atoms with Gasteiger partial charge in [-0.1, -0.05) is 32.4 Å². The molecular weight excluding hydrogens is 210 g/mol. The summed E-state index contributed by atoms with van der Waals surface area (Å²) in [6, 6.07) is 3.91. The Morgan fingerprint density at radius 2 is 2.07 bits per heavy atom. The molecule has 0 saturated heterocycles. The molecule has 0 radical (unpaired) electrons. The van der Waals surface area contributed by atoms with Crippen molar-refractivity contribution < 1.29 is 5.11 Å². The van der Waals surface area contributed by atoms with Crippen LogP contribution in [0.25, 0.3) is 0 Å². The molecule has 2 N–H and O–H groups in total. The van der Waals surface area contributed by atoms with E-state index in [4.69, 9.17) is 11.6 Å². The van der Waals surface area contributed by atoms with Crippen LogP contribution in [-0.2, 0) is 6.42 Å². The maximum absolute atomic E-state index is 9.51. The highest BCUT2D eigenvalue weighted by Gasteiger charge is 2.32. The van der Waals surface area contributed by atoms with Gasteiger partial charge in [0.2, 0.25) is 0 Å². The highest BCUT2D eigenvalue weighted by Crippen LogP contribution is 2.41. The lowest BCUT2D eigenvalue weighted by atomic mass is 9.85. The lowest BCUT2D eigenvalue weighted by Gasteiger charge is -2.27. The minimum atomic E-state index is 0.173. The van der Waals surface area contributed by atoms with E-state index in [9.17, 15) is 5.11 Å². The van der Waals surface area contributed by atoms with E-state index in [-0.39, 0.29) is 11.2 Å². The van der Waals surface area contributed by atoms with Gasteiger partial charge < -0.3 is 10.4 Å². The van der Waals surface area contributed by atoms with Crippen LogP contribution in [0.15, 0.2) is 12.1 Å². The predicted octanol–water partition coefficient (Wildman–Crippen LogP) is 3.43. The molecule has 1 aliphatic rings. The number of nitrogens with one attached hydrogen (secondary N) is 1. The molecule has 3 heteroatoms. The zero-order valence-corrected chi connectivity index (χ0v) is 10.0. The molecule has 1 heterocycles. The average molecular weight is 226 g/mol. The topological polar surface area (TPSA) is 32.3 Å². The van der Waals surface area contributed by atoms with Crippen LogP contribution in [0, 0.1) is 5.41 Å². The highest BCUT2D eigenvalue weighted by atomic mass is 35.5. The lowest BCUT2D eigenvalue weighted by molar-refractivity contribution is 0.347. The van der Waals surface area contributed by atoms with E-state index in [0.29, 0.717) is 11.1 Å². The molecule has 1 aliphatic heterocycles. The molecule has 0 bridgehead atoms. The number of rotatable bonds is 0. The van der Waals surface area contributed by atoms with Crippen LogP contribution in [0.3, 0.4) is 0 Å². The maximum atomic E-state index is 9.51. The molecule has 0 spiro atoms. The Bertz CT molecular complexity index is 395. The summed E-state index contributed by atoms with van der Waals surface area (Å²) in [6.07, 6.45) is 0.881. The average Bonchev–Trinajstić information content (AvgIpc) is 2.55. The van der Waals surface area contributed by atoms with Crippen molar-refractivity contribution in [3.05, 3.63) is 22.7 Å². The molecule has 15 heavy (non-hydrogen) atoms. The van der Waals surface area contributed by atoms with Gasteiger partial charge in [-0.05, 0) is 29.5 Å². The van der Waals surface area contributed by atoms with Crippen molar-refractivity contribution in [2.24, 2.45) is 5.41 Å². The third-order valence-corrected chi connectivity index (χ3v) is 3.43. The highest BCUT2D eigenvalue weighted by molar-refractivity contribution is 6.33. The Labute approximate surface area is 95.3 Å². The number of fused-ring (bicyclic) bond motifs is 1. The largest absolute Gasteiger partial charge is 0.506 e. The number of aromatic hydroxyl groups is 1. The number of hydrogen-bond donors (Lipinski definition) is 2. The van der Waals surface area contributed by atoms with Gasteiger partial charge in [0.25, 0.3) is 0 Å². The van der Waals surface area contributed by atoms with E-state index < -0.39 is 0 Å².